The number of benzene rings is 1. The summed E-state index contributed by atoms with van der Waals surface area (Å²) in [4.78, 5) is 10.2. The minimum Gasteiger partial charge on any atom is -0.377 e. The minimum absolute atomic E-state index is 0.249. The Labute approximate surface area is 110 Å². The van der Waals surface area contributed by atoms with Gasteiger partial charge in [-0.2, -0.15) is 0 Å². The van der Waals surface area contributed by atoms with Gasteiger partial charge in [0.1, 0.15) is 11.5 Å². The lowest BCUT2D eigenvalue weighted by Crippen LogP contribution is -2.15. The van der Waals surface area contributed by atoms with Crippen LogP contribution in [-0.2, 0) is 4.74 Å². The van der Waals surface area contributed by atoms with E-state index in [0.717, 1.165) is 18.9 Å². The number of anilines is 1. The predicted molar refractivity (Wildman–Crippen MR) is 69.8 cm³/mol. The first-order chi connectivity index (χ1) is 9.16. The molecule has 5 nitrogen and oxygen atoms in total. The first-order valence-corrected chi connectivity index (χ1v) is 6.46. The molecule has 0 spiro atoms. The van der Waals surface area contributed by atoms with Crippen LogP contribution in [0.2, 0.25) is 0 Å². The molecule has 0 saturated heterocycles. The van der Waals surface area contributed by atoms with Crippen molar-refractivity contribution in [2.24, 2.45) is 0 Å². The fourth-order valence-corrected chi connectivity index (χ4v) is 2.27. The van der Waals surface area contributed by atoms with Crippen LogP contribution >= 0.6 is 0 Å². The maximum Gasteiger partial charge on any atom is 0.295 e. The Morgan fingerprint density at radius 1 is 1.42 bits per heavy atom. The molecule has 1 aliphatic carbocycles. The number of ether oxygens (including phenoxy) is 1. The normalized spacial score (nSPS) is 15.6. The molecule has 0 amide bonds. The third kappa shape index (κ3) is 3.89. The molecule has 1 saturated carbocycles. The topological polar surface area (TPSA) is 64.4 Å². The summed E-state index contributed by atoms with van der Waals surface area (Å²) in [6.07, 6.45) is 4.93. The Hall–Kier alpha value is -1.69. The molecule has 6 heteroatoms. The first-order valence-electron chi connectivity index (χ1n) is 6.46. The second-order valence-corrected chi connectivity index (χ2v) is 4.62. The minimum atomic E-state index is -0.612. The summed E-state index contributed by atoms with van der Waals surface area (Å²) in [5.74, 6) is -0.612. The Balaban J connectivity index is 1.83. The third-order valence-corrected chi connectivity index (χ3v) is 3.23. The largest absolute Gasteiger partial charge is 0.377 e. The van der Waals surface area contributed by atoms with E-state index in [-0.39, 0.29) is 5.69 Å². The SMILES string of the molecule is O=[N+]([O-])c1cc(F)ccc1NCCOC1CCCC1. The van der Waals surface area contributed by atoms with E-state index in [1.165, 1.54) is 25.0 Å². The number of hydrogen-bond acceptors (Lipinski definition) is 4. The molecule has 0 aromatic heterocycles. The molecule has 1 fully saturated rings. The summed E-state index contributed by atoms with van der Waals surface area (Å²) >= 11 is 0. The van der Waals surface area contributed by atoms with Crippen LogP contribution in [0, 0.1) is 15.9 Å². The van der Waals surface area contributed by atoms with E-state index in [9.17, 15) is 14.5 Å². The molecule has 1 aromatic rings. The molecule has 1 N–H and O–H groups in total. The van der Waals surface area contributed by atoms with Gasteiger partial charge in [0.15, 0.2) is 0 Å². The van der Waals surface area contributed by atoms with E-state index in [4.69, 9.17) is 4.74 Å². The van der Waals surface area contributed by atoms with Gasteiger partial charge in [-0.25, -0.2) is 4.39 Å². The Bertz CT molecular complexity index is 448. The van der Waals surface area contributed by atoms with E-state index in [1.54, 1.807) is 0 Å². The number of nitrogens with zero attached hydrogens (tertiary/aromatic N) is 1. The summed E-state index contributed by atoms with van der Waals surface area (Å²) in [5.41, 5.74) is 0.0716. The van der Waals surface area contributed by atoms with Crippen molar-refractivity contribution in [1.29, 1.82) is 0 Å². The molecule has 0 bridgehead atoms. The highest BCUT2D eigenvalue weighted by molar-refractivity contribution is 5.61. The van der Waals surface area contributed by atoms with Crippen LogP contribution in [0.4, 0.5) is 15.8 Å². The number of hydrogen-bond donors (Lipinski definition) is 1. The quantitative estimate of drug-likeness (QED) is 0.489. The fraction of sp³-hybridized carbons (Fsp3) is 0.538. The summed E-state index contributed by atoms with van der Waals surface area (Å²) in [6, 6.07) is 3.50. The third-order valence-electron chi connectivity index (χ3n) is 3.23. The molecular weight excluding hydrogens is 251 g/mol. The van der Waals surface area contributed by atoms with Gasteiger partial charge in [-0.05, 0) is 25.0 Å². The number of rotatable bonds is 6. The molecule has 2 rings (SSSR count). The van der Waals surface area contributed by atoms with Gasteiger partial charge in [-0.15, -0.1) is 0 Å². The van der Waals surface area contributed by atoms with Crippen molar-refractivity contribution in [3.8, 4) is 0 Å². The predicted octanol–water partition coefficient (Wildman–Crippen LogP) is 3.11. The molecule has 104 valence electrons. The number of halogens is 1. The summed E-state index contributed by atoms with van der Waals surface area (Å²) in [6.45, 7) is 0.974. The van der Waals surface area contributed by atoms with Crippen molar-refractivity contribution in [2.75, 3.05) is 18.5 Å². The number of nitrogens with one attached hydrogen (secondary N) is 1. The zero-order chi connectivity index (χ0) is 13.7. The van der Waals surface area contributed by atoms with Gasteiger partial charge in [0, 0.05) is 6.54 Å². The van der Waals surface area contributed by atoms with Gasteiger partial charge in [0.05, 0.1) is 23.7 Å². The molecule has 1 aromatic carbocycles. The highest BCUT2D eigenvalue weighted by Gasteiger charge is 2.16. The van der Waals surface area contributed by atoms with Crippen LogP contribution in [0.15, 0.2) is 18.2 Å². The molecule has 1 aliphatic rings. The monoisotopic (exact) mass is 268 g/mol. The zero-order valence-electron chi connectivity index (χ0n) is 10.6. The summed E-state index contributed by atoms with van der Waals surface area (Å²) in [7, 11) is 0. The molecule has 0 unspecified atom stereocenters. The molecule has 19 heavy (non-hydrogen) atoms. The first kappa shape index (κ1) is 13.7. The second-order valence-electron chi connectivity index (χ2n) is 4.62. The van der Waals surface area contributed by atoms with Gasteiger partial charge in [-0.1, -0.05) is 12.8 Å². The van der Waals surface area contributed by atoms with E-state index in [2.05, 4.69) is 5.32 Å². The van der Waals surface area contributed by atoms with Crippen LogP contribution in [-0.4, -0.2) is 24.2 Å². The number of nitro benzene ring substituents is 1. The lowest BCUT2D eigenvalue weighted by molar-refractivity contribution is -0.384. The molecule has 0 atom stereocenters. The average Bonchev–Trinajstić information content (AvgIpc) is 2.89. The number of nitro groups is 1. The van der Waals surface area contributed by atoms with Gasteiger partial charge < -0.3 is 10.1 Å². The van der Waals surface area contributed by atoms with Crippen molar-refractivity contribution < 1.29 is 14.1 Å². The van der Waals surface area contributed by atoms with E-state index in [1.807, 2.05) is 0 Å². The second kappa shape index (κ2) is 6.47. The van der Waals surface area contributed by atoms with Gasteiger partial charge in [0.25, 0.3) is 5.69 Å². The van der Waals surface area contributed by atoms with Gasteiger partial charge >= 0.3 is 0 Å². The van der Waals surface area contributed by atoms with E-state index >= 15 is 0 Å². The van der Waals surface area contributed by atoms with Crippen LogP contribution < -0.4 is 5.32 Å². The van der Waals surface area contributed by atoms with E-state index in [0.29, 0.717) is 24.9 Å². The van der Waals surface area contributed by atoms with Crippen molar-refractivity contribution in [2.45, 2.75) is 31.8 Å². The molecule has 0 aliphatic heterocycles. The molecule has 0 radical (unpaired) electrons. The van der Waals surface area contributed by atoms with Crippen LogP contribution in [0.3, 0.4) is 0 Å². The maximum atomic E-state index is 12.9. The lowest BCUT2D eigenvalue weighted by Gasteiger charge is -2.12. The maximum absolute atomic E-state index is 12.9. The van der Waals surface area contributed by atoms with Crippen LogP contribution in [0.25, 0.3) is 0 Å². The fourth-order valence-electron chi connectivity index (χ4n) is 2.27. The van der Waals surface area contributed by atoms with Gasteiger partial charge in [0.2, 0.25) is 0 Å². The van der Waals surface area contributed by atoms with E-state index < -0.39 is 10.7 Å². The van der Waals surface area contributed by atoms with Gasteiger partial charge in [-0.3, -0.25) is 10.1 Å². The highest BCUT2D eigenvalue weighted by Crippen LogP contribution is 2.25. The smallest absolute Gasteiger partial charge is 0.295 e. The highest BCUT2D eigenvalue weighted by atomic mass is 19.1. The Morgan fingerprint density at radius 2 is 2.16 bits per heavy atom. The standard InChI is InChI=1S/C13H17FN2O3/c14-10-5-6-12(13(9-10)16(17)18)15-7-8-19-11-3-1-2-4-11/h5-6,9,11,15H,1-4,7-8H2. The van der Waals surface area contributed by atoms with Crippen LogP contribution in [0.5, 0.6) is 0 Å². The van der Waals surface area contributed by atoms with Crippen molar-refractivity contribution in [1.82, 2.24) is 0 Å². The zero-order valence-corrected chi connectivity index (χ0v) is 10.6. The van der Waals surface area contributed by atoms with Crippen molar-refractivity contribution in [3.05, 3.63) is 34.1 Å². The summed E-state index contributed by atoms with van der Waals surface area (Å²) < 4.78 is 18.6. The lowest BCUT2D eigenvalue weighted by atomic mass is 10.2. The molecule has 0 heterocycles. The molecular formula is C13H17FN2O3. The summed E-state index contributed by atoms with van der Waals surface area (Å²) in [5, 5.41) is 13.7. The Morgan fingerprint density at radius 3 is 2.84 bits per heavy atom. The average molecular weight is 268 g/mol. The van der Waals surface area contributed by atoms with Crippen molar-refractivity contribution >= 4 is 11.4 Å². The van der Waals surface area contributed by atoms with Crippen molar-refractivity contribution in [3.63, 3.8) is 0 Å². The Kier molecular flexibility index (Phi) is 4.68. The van der Waals surface area contributed by atoms with Crippen LogP contribution in [0.1, 0.15) is 25.7 Å².